The minimum absolute atomic E-state index is 0.0286. The number of alkyl halides is 4. The van der Waals surface area contributed by atoms with Crippen LogP contribution in [0.15, 0.2) is 54.6 Å². The Kier molecular flexibility index (Phi) is 21.4. The first-order valence-corrected chi connectivity index (χ1v) is 21.5. The van der Waals surface area contributed by atoms with Crippen molar-refractivity contribution < 1.29 is 60.4 Å². The number of rotatable bonds is 20. The topological polar surface area (TPSA) is 127 Å². The monoisotopic (exact) mass is 896 g/mol. The summed E-state index contributed by atoms with van der Waals surface area (Å²) in [5.74, 6) is -5.80. The van der Waals surface area contributed by atoms with E-state index in [1.54, 1.807) is 39.8 Å². The number of Topliss-reactive ketones (excluding diaryl/α,β-unsaturated/α-hetero) is 1. The molecular formula is C46H68F4N4O9. The van der Waals surface area contributed by atoms with Crippen LogP contribution in [0.25, 0.3) is 0 Å². The third kappa shape index (κ3) is 20.1. The van der Waals surface area contributed by atoms with Crippen LogP contribution in [-0.4, -0.2) is 166 Å². The lowest BCUT2D eigenvalue weighted by atomic mass is 9.90. The molecule has 2 atom stereocenters. The van der Waals surface area contributed by atoms with Gasteiger partial charge >= 0.3 is 30.3 Å². The van der Waals surface area contributed by atoms with Crippen molar-refractivity contribution in [2.24, 2.45) is 5.41 Å². The number of carbonyl (C=O) groups excluding carboxylic acids is 4. The molecule has 0 saturated carbocycles. The number of methoxy groups -OCH3 is 1. The van der Waals surface area contributed by atoms with Crippen LogP contribution in [-0.2, 0) is 51.2 Å². The number of carbonyl (C=O) groups is 4. The molecule has 0 N–H and O–H groups in total. The van der Waals surface area contributed by atoms with E-state index < -0.39 is 54.5 Å². The maximum absolute atomic E-state index is 13.8. The molecule has 2 aromatic rings. The van der Waals surface area contributed by atoms with E-state index in [-0.39, 0.29) is 75.9 Å². The summed E-state index contributed by atoms with van der Waals surface area (Å²) < 4.78 is 80.1. The van der Waals surface area contributed by atoms with Crippen molar-refractivity contribution in [3.05, 3.63) is 65.7 Å². The molecule has 0 spiro atoms. The average molecular weight is 897 g/mol. The predicted molar refractivity (Wildman–Crippen MR) is 230 cm³/mol. The number of hydrogen-bond donors (Lipinski definition) is 0. The minimum atomic E-state index is -4.32. The summed E-state index contributed by atoms with van der Waals surface area (Å²) in [5, 5.41) is 0. The normalized spacial score (nSPS) is 17.0. The molecule has 1 saturated heterocycles. The van der Waals surface area contributed by atoms with E-state index in [1.165, 1.54) is 19.2 Å². The molecule has 0 bridgehead atoms. The molecule has 1 aliphatic rings. The zero-order valence-electron chi connectivity index (χ0n) is 38.2. The van der Waals surface area contributed by atoms with Crippen molar-refractivity contribution in [3.63, 3.8) is 0 Å². The van der Waals surface area contributed by atoms with Crippen molar-refractivity contribution in [2.75, 3.05) is 92.4 Å². The lowest BCUT2D eigenvalue weighted by Crippen LogP contribution is -2.55. The molecule has 3 rings (SSSR count). The summed E-state index contributed by atoms with van der Waals surface area (Å²) in [6, 6.07) is 13.8. The van der Waals surface area contributed by atoms with Gasteiger partial charge in [-0.2, -0.15) is 8.78 Å². The standard InChI is InChI=1S/C46H68F4N4O9/c1-9-61-42(58)38(27-34-15-17-37(18-16-34)62-33-46(49,50)43(47)48)53-23-19-51(29-36(55)28-44(2,3)4)20-25-54(26-22-52(21-24-53)30-40(56)63-45(5,6)7)39(41(57)59-8)32-60-31-35-13-11-10-12-14-35/h10-18,38-39,43H,9,19-33H2,1-8H3/t38?,39-/m0/s1. The van der Waals surface area contributed by atoms with E-state index in [1.807, 2.05) is 70.7 Å². The van der Waals surface area contributed by atoms with E-state index >= 15 is 0 Å². The summed E-state index contributed by atoms with van der Waals surface area (Å²) in [4.78, 5) is 61.9. The molecule has 17 heteroatoms. The van der Waals surface area contributed by atoms with Gasteiger partial charge < -0.3 is 23.7 Å². The third-order valence-corrected chi connectivity index (χ3v) is 10.1. The molecule has 0 aromatic heterocycles. The Hall–Kier alpha value is -4.16. The molecule has 0 radical (unpaired) electrons. The second-order valence-corrected chi connectivity index (χ2v) is 18.0. The SMILES string of the molecule is CCOC(=O)C(Cc1ccc(OCC(F)(F)C(F)F)cc1)N1CCN(CC(=O)CC(C)(C)C)CCN([C@@H](COCc2ccccc2)C(=O)OC)CCN(CC(=O)OC(C)(C)C)CC1. The molecular weight excluding hydrogens is 829 g/mol. The van der Waals surface area contributed by atoms with Crippen molar-refractivity contribution >= 4 is 23.7 Å². The zero-order valence-corrected chi connectivity index (χ0v) is 38.2. The Morgan fingerprint density at radius 1 is 0.714 bits per heavy atom. The average Bonchev–Trinajstić information content (AvgIpc) is 3.19. The summed E-state index contributed by atoms with van der Waals surface area (Å²) in [7, 11) is 1.32. The molecule has 13 nitrogen and oxygen atoms in total. The highest BCUT2D eigenvalue weighted by molar-refractivity contribution is 5.81. The number of ether oxygens (including phenoxy) is 5. The largest absolute Gasteiger partial charge is 0.487 e. The van der Waals surface area contributed by atoms with Gasteiger partial charge in [0.15, 0.2) is 6.61 Å². The first-order valence-electron chi connectivity index (χ1n) is 21.5. The maximum Gasteiger partial charge on any atom is 0.340 e. The van der Waals surface area contributed by atoms with Gasteiger partial charge in [-0.25, -0.2) is 8.78 Å². The highest BCUT2D eigenvalue weighted by Crippen LogP contribution is 2.25. The van der Waals surface area contributed by atoms with Crippen LogP contribution in [0.5, 0.6) is 5.75 Å². The van der Waals surface area contributed by atoms with Crippen molar-refractivity contribution in [2.45, 2.75) is 97.9 Å². The van der Waals surface area contributed by atoms with E-state index in [4.69, 9.17) is 23.7 Å². The number of nitrogens with zero attached hydrogens (tertiary/aromatic N) is 4. The van der Waals surface area contributed by atoms with Gasteiger partial charge in [-0.3, -0.25) is 38.8 Å². The highest BCUT2D eigenvalue weighted by atomic mass is 19.3. The van der Waals surface area contributed by atoms with Gasteiger partial charge in [0, 0.05) is 58.8 Å². The van der Waals surface area contributed by atoms with Crippen LogP contribution in [0, 0.1) is 5.41 Å². The second kappa shape index (κ2) is 25.4. The molecule has 2 aromatic carbocycles. The van der Waals surface area contributed by atoms with E-state index in [0.29, 0.717) is 44.7 Å². The predicted octanol–water partition coefficient (Wildman–Crippen LogP) is 5.77. The van der Waals surface area contributed by atoms with Crippen LogP contribution >= 0.6 is 0 Å². The van der Waals surface area contributed by atoms with Crippen molar-refractivity contribution in [1.29, 1.82) is 0 Å². The van der Waals surface area contributed by atoms with E-state index in [0.717, 1.165) is 5.56 Å². The number of hydrogen-bond acceptors (Lipinski definition) is 13. The van der Waals surface area contributed by atoms with E-state index in [2.05, 4.69) is 0 Å². The summed E-state index contributed by atoms with van der Waals surface area (Å²) in [6.07, 6.45) is -3.42. The third-order valence-electron chi connectivity index (χ3n) is 10.1. The Morgan fingerprint density at radius 3 is 1.78 bits per heavy atom. The fraction of sp³-hybridized carbons (Fsp3) is 0.652. The van der Waals surface area contributed by atoms with Crippen LogP contribution in [0.3, 0.4) is 0 Å². The fourth-order valence-corrected chi connectivity index (χ4v) is 7.03. The van der Waals surface area contributed by atoms with Crippen molar-refractivity contribution in [1.82, 2.24) is 19.6 Å². The van der Waals surface area contributed by atoms with Gasteiger partial charge in [0.05, 0.1) is 40.0 Å². The molecule has 0 aliphatic carbocycles. The fourth-order valence-electron chi connectivity index (χ4n) is 7.03. The van der Waals surface area contributed by atoms with Crippen LogP contribution in [0.2, 0.25) is 0 Å². The van der Waals surface area contributed by atoms with Gasteiger partial charge in [0.2, 0.25) is 0 Å². The van der Waals surface area contributed by atoms with Gasteiger partial charge in [0.1, 0.15) is 29.2 Å². The molecule has 1 fully saturated rings. The van der Waals surface area contributed by atoms with Crippen LogP contribution in [0.4, 0.5) is 17.6 Å². The van der Waals surface area contributed by atoms with Crippen LogP contribution in [0.1, 0.15) is 66.0 Å². The first kappa shape index (κ1) is 53.2. The van der Waals surface area contributed by atoms with Gasteiger partial charge in [-0.05, 0) is 62.8 Å². The van der Waals surface area contributed by atoms with Crippen molar-refractivity contribution in [3.8, 4) is 5.75 Å². The maximum atomic E-state index is 13.8. The quantitative estimate of drug-likeness (QED) is 0.0909. The molecule has 354 valence electrons. The lowest BCUT2D eigenvalue weighted by molar-refractivity contribution is -0.157. The number of benzene rings is 2. The lowest BCUT2D eigenvalue weighted by Gasteiger charge is -2.38. The van der Waals surface area contributed by atoms with E-state index in [9.17, 15) is 36.7 Å². The summed E-state index contributed by atoms with van der Waals surface area (Å²) in [6.45, 7) is 14.4. The number of halogens is 4. The highest BCUT2D eigenvalue weighted by Gasteiger charge is 2.42. The minimum Gasteiger partial charge on any atom is -0.487 e. The molecule has 0 amide bonds. The van der Waals surface area contributed by atoms with Gasteiger partial charge in [-0.15, -0.1) is 0 Å². The number of ketones is 1. The smallest absolute Gasteiger partial charge is 0.340 e. The zero-order chi connectivity index (χ0) is 46.8. The molecule has 1 aliphatic heterocycles. The molecule has 1 unspecified atom stereocenters. The Bertz CT molecular complexity index is 1660. The summed E-state index contributed by atoms with van der Waals surface area (Å²) in [5.41, 5.74) is 0.550. The molecule has 1 heterocycles. The molecule has 63 heavy (non-hydrogen) atoms. The van der Waals surface area contributed by atoms with Gasteiger partial charge in [0.25, 0.3) is 0 Å². The summed E-state index contributed by atoms with van der Waals surface area (Å²) >= 11 is 0. The van der Waals surface area contributed by atoms with Crippen LogP contribution < -0.4 is 4.74 Å². The Morgan fingerprint density at radius 2 is 1.27 bits per heavy atom. The second-order valence-electron chi connectivity index (χ2n) is 18.0. The number of esters is 3. The first-order chi connectivity index (χ1) is 29.6. The Labute approximate surface area is 370 Å². The van der Waals surface area contributed by atoms with Gasteiger partial charge in [-0.1, -0.05) is 63.2 Å². The Balaban J connectivity index is 1.99.